The van der Waals surface area contributed by atoms with Crippen LogP contribution in [0.1, 0.15) is 0 Å². The van der Waals surface area contributed by atoms with Gasteiger partial charge in [-0.1, -0.05) is 0 Å². The molecule has 9 heteroatoms. The van der Waals surface area contributed by atoms with Crippen LogP contribution in [0.5, 0.6) is 11.5 Å². The highest BCUT2D eigenvalue weighted by atomic mass is 16.5. The molecule has 2 aromatic heterocycles. The van der Waals surface area contributed by atoms with Crippen LogP contribution in [0.15, 0.2) is 59.9 Å². The summed E-state index contributed by atoms with van der Waals surface area (Å²) in [5, 5.41) is 14.3. The number of nitrogens with zero attached hydrogens (tertiary/aromatic N) is 5. The third-order valence-electron chi connectivity index (χ3n) is 4.99. The Hall–Kier alpha value is -3.85. The van der Waals surface area contributed by atoms with Crippen LogP contribution in [0.4, 0.5) is 11.4 Å². The SMILES string of the molecule is COc1cc(OC)cc(N(CCO)c2ccc3ncn(-c4cnn(C)c4)c(=O)c3c2)c1. The van der Waals surface area contributed by atoms with E-state index in [2.05, 4.69) is 10.1 Å². The lowest BCUT2D eigenvalue weighted by Gasteiger charge is -2.25. The number of hydrogen-bond acceptors (Lipinski definition) is 7. The normalized spacial score (nSPS) is 11.0. The van der Waals surface area contributed by atoms with Crippen LogP contribution < -0.4 is 19.9 Å². The summed E-state index contributed by atoms with van der Waals surface area (Å²) in [5.41, 5.74) is 2.52. The third-order valence-corrected chi connectivity index (χ3v) is 4.99. The van der Waals surface area contributed by atoms with E-state index in [0.717, 1.165) is 11.4 Å². The van der Waals surface area contributed by atoms with Crippen molar-refractivity contribution in [2.24, 2.45) is 7.05 Å². The molecule has 0 spiro atoms. The third kappa shape index (κ3) is 3.95. The molecular weight excluding hydrogens is 398 g/mol. The van der Waals surface area contributed by atoms with Gasteiger partial charge >= 0.3 is 0 Å². The minimum absolute atomic E-state index is 0.0789. The lowest BCUT2D eigenvalue weighted by molar-refractivity contribution is 0.305. The second kappa shape index (κ2) is 8.49. The first kappa shape index (κ1) is 20.4. The lowest BCUT2D eigenvalue weighted by Crippen LogP contribution is -2.22. The molecule has 2 heterocycles. The Kier molecular flexibility index (Phi) is 5.59. The monoisotopic (exact) mass is 421 g/mol. The Morgan fingerprint density at radius 2 is 1.81 bits per heavy atom. The van der Waals surface area contributed by atoms with Gasteiger partial charge in [0.1, 0.15) is 17.8 Å². The smallest absolute Gasteiger partial charge is 0.265 e. The fraction of sp³-hybridized carbons (Fsp3) is 0.227. The van der Waals surface area contributed by atoms with Crippen molar-refractivity contribution >= 4 is 22.3 Å². The number of methoxy groups -OCH3 is 2. The van der Waals surface area contributed by atoms with E-state index in [1.807, 2.05) is 23.1 Å². The predicted octanol–water partition coefficient (Wildman–Crippen LogP) is 2.27. The Balaban J connectivity index is 1.85. The van der Waals surface area contributed by atoms with Gasteiger partial charge in [0.2, 0.25) is 0 Å². The molecule has 0 saturated heterocycles. The molecule has 0 aliphatic rings. The van der Waals surface area contributed by atoms with Crippen molar-refractivity contribution in [3.63, 3.8) is 0 Å². The highest BCUT2D eigenvalue weighted by molar-refractivity contribution is 5.83. The highest BCUT2D eigenvalue weighted by Gasteiger charge is 2.15. The van der Waals surface area contributed by atoms with Crippen LogP contribution in [0.3, 0.4) is 0 Å². The van der Waals surface area contributed by atoms with Gasteiger partial charge in [-0.25, -0.2) is 4.98 Å². The molecule has 0 amide bonds. The first-order valence-electron chi connectivity index (χ1n) is 9.66. The van der Waals surface area contributed by atoms with E-state index in [1.54, 1.807) is 56.5 Å². The summed E-state index contributed by atoms with van der Waals surface area (Å²) in [5.74, 6) is 1.25. The summed E-state index contributed by atoms with van der Waals surface area (Å²) < 4.78 is 13.8. The maximum absolute atomic E-state index is 13.2. The number of aliphatic hydroxyl groups excluding tert-OH is 1. The molecule has 0 bridgehead atoms. The van der Waals surface area contributed by atoms with Crippen molar-refractivity contribution in [1.29, 1.82) is 0 Å². The Labute approximate surface area is 178 Å². The van der Waals surface area contributed by atoms with Crippen molar-refractivity contribution in [2.75, 3.05) is 32.3 Å². The minimum atomic E-state index is -0.202. The number of hydrogen-bond donors (Lipinski definition) is 1. The summed E-state index contributed by atoms with van der Waals surface area (Å²) in [4.78, 5) is 19.5. The van der Waals surface area contributed by atoms with Crippen LogP contribution in [-0.2, 0) is 7.05 Å². The molecule has 4 rings (SSSR count). The van der Waals surface area contributed by atoms with Gasteiger partial charge < -0.3 is 19.5 Å². The van der Waals surface area contributed by atoms with Crippen molar-refractivity contribution < 1.29 is 14.6 Å². The zero-order valence-electron chi connectivity index (χ0n) is 17.5. The first-order chi connectivity index (χ1) is 15.0. The fourth-order valence-corrected chi connectivity index (χ4v) is 3.45. The average molecular weight is 421 g/mol. The largest absolute Gasteiger partial charge is 0.497 e. The van der Waals surface area contributed by atoms with E-state index in [9.17, 15) is 9.90 Å². The van der Waals surface area contributed by atoms with E-state index in [-0.39, 0.29) is 12.2 Å². The van der Waals surface area contributed by atoms with Crippen molar-refractivity contribution in [1.82, 2.24) is 19.3 Å². The molecule has 2 aromatic carbocycles. The van der Waals surface area contributed by atoms with Gasteiger partial charge in [-0.3, -0.25) is 14.0 Å². The summed E-state index contributed by atoms with van der Waals surface area (Å²) in [6, 6.07) is 10.9. The summed E-state index contributed by atoms with van der Waals surface area (Å²) >= 11 is 0. The van der Waals surface area contributed by atoms with Crippen LogP contribution in [-0.4, -0.2) is 51.8 Å². The van der Waals surface area contributed by atoms with Crippen molar-refractivity contribution in [3.05, 3.63) is 65.5 Å². The number of aromatic nitrogens is 4. The topological polar surface area (TPSA) is 94.6 Å². The summed E-state index contributed by atoms with van der Waals surface area (Å²) in [6.07, 6.45) is 4.86. The molecule has 1 N–H and O–H groups in total. The summed E-state index contributed by atoms with van der Waals surface area (Å²) in [6.45, 7) is 0.239. The standard InChI is InChI=1S/C22H23N5O4/c1-25-13-17(12-24-25)27-14-23-21-5-4-15(10-20(21)22(27)29)26(6-7-28)16-8-18(30-2)11-19(9-16)31-3/h4-5,8-14,28H,6-7H2,1-3H3. The minimum Gasteiger partial charge on any atom is -0.497 e. The maximum atomic E-state index is 13.2. The molecule has 9 nitrogen and oxygen atoms in total. The molecule has 0 aliphatic heterocycles. The van der Waals surface area contributed by atoms with Crippen LogP contribution in [0, 0.1) is 0 Å². The molecule has 0 aliphatic carbocycles. The number of fused-ring (bicyclic) bond motifs is 1. The molecule has 31 heavy (non-hydrogen) atoms. The molecule has 0 unspecified atom stereocenters. The molecule has 0 radical (unpaired) electrons. The van der Waals surface area contributed by atoms with E-state index >= 15 is 0 Å². The highest BCUT2D eigenvalue weighted by Crippen LogP contribution is 2.33. The van der Waals surface area contributed by atoms with Gasteiger partial charge in [0.05, 0.1) is 43.6 Å². The second-order valence-electron chi connectivity index (χ2n) is 6.94. The van der Waals surface area contributed by atoms with Gasteiger partial charge in [0, 0.05) is 49.4 Å². The van der Waals surface area contributed by atoms with Crippen molar-refractivity contribution in [2.45, 2.75) is 0 Å². The van der Waals surface area contributed by atoms with Crippen LogP contribution in [0.2, 0.25) is 0 Å². The lowest BCUT2D eigenvalue weighted by atomic mass is 10.1. The van der Waals surface area contributed by atoms with E-state index in [1.165, 1.54) is 10.9 Å². The molecule has 0 saturated carbocycles. The second-order valence-corrected chi connectivity index (χ2v) is 6.94. The van der Waals surface area contributed by atoms with Crippen LogP contribution >= 0.6 is 0 Å². The molecule has 0 atom stereocenters. The van der Waals surface area contributed by atoms with Gasteiger partial charge in [-0.2, -0.15) is 5.10 Å². The maximum Gasteiger partial charge on any atom is 0.265 e. The van der Waals surface area contributed by atoms with Crippen molar-refractivity contribution in [3.8, 4) is 17.2 Å². The van der Waals surface area contributed by atoms with Crippen LogP contribution in [0.25, 0.3) is 16.6 Å². The number of aryl methyl sites for hydroxylation is 1. The molecular formula is C22H23N5O4. The van der Waals surface area contributed by atoms with Gasteiger partial charge in [0.15, 0.2) is 0 Å². The quantitative estimate of drug-likeness (QED) is 0.489. The summed E-state index contributed by atoms with van der Waals surface area (Å²) in [7, 11) is 4.95. The zero-order valence-corrected chi connectivity index (χ0v) is 17.5. The predicted molar refractivity (Wildman–Crippen MR) is 118 cm³/mol. The number of benzene rings is 2. The zero-order chi connectivity index (χ0) is 22.0. The number of rotatable bonds is 7. The Bertz CT molecular complexity index is 1260. The first-order valence-corrected chi connectivity index (χ1v) is 9.66. The van der Waals surface area contributed by atoms with E-state index < -0.39 is 0 Å². The molecule has 4 aromatic rings. The van der Waals surface area contributed by atoms with Gasteiger partial charge in [0.25, 0.3) is 5.56 Å². The Morgan fingerprint density at radius 1 is 1.06 bits per heavy atom. The Morgan fingerprint density at radius 3 is 2.42 bits per heavy atom. The van der Waals surface area contributed by atoms with Gasteiger partial charge in [-0.05, 0) is 18.2 Å². The van der Waals surface area contributed by atoms with E-state index in [4.69, 9.17) is 9.47 Å². The number of ether oxygens (including phenoxy) is 2. The molecule has 160 valence electrons. The number of anilines is 2. The fourth-order valence-electron chi connectivity index (χ4n) is 3.45. The number of aliphatic hydroxyl groups is 1. The average Bonchev–Trinajstić information content (AvgIpc) is 3.23. The van der Waals surface area contributed by atoms with Gasteiger partial charge in [-0.15, -0.1) is 0 Å². The van der Waals surface area contributed by atoms with E-state index in [0.29, 0.717) is 34.6 Å². The molecule has 0 fully saturated rings.